The van der Waals surface area contributed by atoms with E-state index in [9.17, 15) is 8.42 Å². The van der Waals surface area contributed by atoms with E-state index >= 15 is 0 Å². The van der Waals surface area contributed by atoms with Crippen molar-refractivity contribution in [3.05, 3.63) is 24.3 Å². The minimum absolute atomic E-state index is 0.157. The molecule has 0 fully saturated rings. The molecule has 1 aromatic carbocycles. The SMILES string of the molecule is CCNCCCCS(=O)(=O)Nc1cccc(N(C)C)c1. The molecule has 0 heterocycles. The lowest BCUT2D eigenvalue weighted by Gasteiger charge is -2.14. The topological polar surface area (TPSA) is 61.4 Å². The van der Waals surface area contributed by atoms with Crippen molar-refractivity contribution in [2.75, 3.05) is 42.6 Å². The van der Waals surface area contributed by atoms with Gasteiger partial charge in [-0.1, -0.05) is 13.0 Å². The molecular formula is C14H25N3O2S. The highest BCUT2D eigenvalue weighted by molar-refractivity contribution is 7.92. The lowest BCUT2D eigenvalue weighted by atomic mass is 10.3. The number of hydrogen-bond donors (Lipinski definition) is 2. The summed E-state index contributed by atoms with van der Waals surface area (Å²) < 4.78 is 26.6. The molecule has 0 aliphatic rings. The van der Waals surface area contributed by atoms with E-state index in [1.165, 1.54) is 0 Å². The summed E-state index contributed by atoms with van der Waals surface area (Å²) in [5, 5.41) is 3.18. The molecule has 1 rings (SSSR count). The fourth-order valence-electron chi connectivity index (χ4n) is 1.80. The van der Waals surface area contributed by atoms with Gasteiger partial charge in [-0.2, -0.15) is 0 Å². The Balaban J connectivity index is 2.51. The molecule has 0 saturated heterocycles. The van der Waals surface area contributed by atoms with Gasteiger partial charge in [-0.25, -0.2) is 8.42 Å². The van der Waals surface area contributed by atoms with Gasteiger partial charge >= 0.3 is 0 Å². The Labute approximate surface area is 122 Å². The van der Waals surface area contributed by atoms with Gasteiger partial charge in [-0.05, 0) is 44.1 Å². The highest BCUT2D eigenvalue weighted by atomic mass is 32.2. The van der Waals surface area contributed by atoms with Gasteiger partial charge in [0.1, 0.15) is 0 Å². The Morgan fingerprint density at radius 3 is 2.60 bits per heavy atom. The van der Waals surface area contributed by atoms with Crippen LogP contribution in [-0.2, 0) is 10.0 Å². The zero-order valence-corrected chi connectivity index (χ0v) is 13.3. The Morgan fingerprint density at radius 1 is 1.20 bits per heavy atom. The predicted molar refractivity (Wildman–Crippen MR) is 86.0 cm³/mol. The highest BCUT2D eigenvalue weighted by Gasteiger charge is 2.10. The molecule has 1 aromatic rings. The predicted octanol–water partition coefficient (Wildman–Crippen LogP) is 1.88. The van der Waals surface area contributed by atoms with Crippen molar-refractivity contribution in [1.29, 1.82) is 0 Å². The van der Waals surface area contributed by atoms with Crippen LogP contribution in [0.5, 0.6) is 0 Å². The van der Waals surface area contributed by atoms with Crippen molar-refractivity contribution < 1.29 is 8.42 Å². The van der Waals surface area contributed by atoms with Gasteiger partial charge in [0.2, 0.25) is 10.0 Å². The molecule has 0 saturated carbocycles. The maximum Gasteiger partial charge on any atom is 0.232 e. The fourth-order valence-corrected chi connectivity index (χ4v) is 2.97. The molecule has 114 valence electrons. The first-order valence-corrected chi connectivity index (χ1v) is 8.58. The molecule has 5 nitrogen and oxygen atoms in total. The molecule has 6 heteroatoms. The summed E-state index contributed by atoms with van der Waals surface area (Å²) in [6, 6.07) is 7.38. The van der Waals surface area contributed by atoms with Crippen molar-refractivity contribution >= 4 is 21.4 Å². The van der Waals surface area contributed by atoms with Crippen LogP contribution in [0.3, 0.4) is 0 Å². The maximum absolute atomic E-state index is 12.0. The molecule has 0 aliphatic carbocycles. The third-order valence-corrected chi connectivity index (χ3v) is 4.28. The standard InChI is InChI=1S/C14H25N3O2S/c1-4-15-10-5-6-11-20(18,19)16-13-8-7-9-14(12-13)17(2)3/h7-9,12,15-16H,4-6,10-11H2,1-3H3. The van der Waals surface area contributed by atoms with Gasteiger partial charge in [-0.3, -0.25) is 4.72 Å². The van der Waals surface area contributed by atoms with E-state index in [1.807, 2.05) is 44.1 Å². The fraction of sp³-hybridized carbons (Fsp3) is 0.571. The molecule has 0 radical (unpaired) electrons. The van der Waals surface area contributed by atoms with Crippen molar-refractivity contribution in [3.8, 4) is 0 Å². The number of nitrogens with one attached hydrogen (secondary N) is 2. The lowest BCUT2D eigenvalue weighted by Crippen LogP contribution is -2.19. The van der Waals surface area contributed by atoms with Crippen LogP contribution >= 0.6 is 0 Å². The van der Waals surface area contributed by atoms with Crippen molar-refractivity contribution in [2.24, 2.45) is 0 Å². The first kappa shape index (κ1) is 16.8. The van der Waals surface area contributed by atoms with Gasteiger partial charge < -0.3 is 10.2 Å². The molecule has 2 N–H and O–H groups in total. The summed E-state index contributed by atoms with van der Waals surface area (Å²) in [5.74, 6) is 0.157. The largest absolute Gasteiger partial charge is 0.378 e. The molecule has 0 aromatic heterocycles. The smallest absolute Gasteiger partial charge is 0.232 e. The van der Waals surface area contributed by atoms with E-state index in [1.54, 1.807) is 6.07 Å². The molecule has 0 amide bonds. The molecule has 0 spiro atoms. The average molecular weight is 299 g/mol. The molecule has 0 atom stereocenters. The molecule has 0 aliphatic heterocycles. The Hall–Kier alpha value is -1.27. The Bertz CT molecular complexity index is 501. The van der Waals surface area contributed by atoms with Gasteiger partial charge in [0.25, 0.3) is 0 Å². The Morgan fingerprint density at radius 2 is 1.95 bits per heavy atom. The van der Waals surface area contributed by atoms with Gasteiger partial charge in [0.15, 0.2) is 0 Å². The summed E-state index contributed by atoms with van der Waals surface area (Å²) in [6.07, 6.45) is 1.53. The highest BCUT2D eigenvalue weighted by Crippen LogP contribution is 2.18. The maximum atomic E-state index is 12.0. The minimum Gasteiger partial charge on any atom is -0.378 e. The summed E-state index contributed by atoms with van der Waals surface area (Å²) in [6.45, 7) is 3.82. The van der Waals surface area contributed by atoms with Gasteiger partial charge in [-0.15, -0.1) is 0 Å². The van der Waals surface area contributed by atoms with E-state index in [-0.39, 0.29) is 5.75 Å². The summed E-state index contributed by atoms with van der Waals surface area (Å²) in [4.78, 5) is 1.94. The average Bonchev–Trinajstić information content (AvgIpc) is 2.38. The summed E-state index contributed by atoms with van der Waals surface area (Å²) in [7, 11) is 0.589. The minimum atomic E-state index is -3.26. The van der Waals surface area contributed by atoms with E-state index in [4.69, 9.17) is 0 Å². The monoisotopic (exact) mass is 299 g/mol. The normalized spacial score (nSPS) is 11.3. The van der Waals surface area contributed by atoms with Crippen LogP contribution in [0, 0.1) is 0 Å². The summed E-state index contributed by atoms with van der Waals surface area (Å²) >= 11 is 0. The van der Waals surface area contributed by atoms with Crippen LogP contribution in [0.25, 0.3) is 0 Å². The quantitative estimate of drug-likeness (QED) is 0.684. The molecule has 20 heavy (non-hydrogen) atoms. The second-order valence-electron chi connectivity index (χ2n) is 4.93. The number of anilines is 2. The molecule has 0 unspecified atom stereocenters. The van der Waals surface area contributed by atoms with Crippen LogP contribution < -0.4 is 14.9 Å². The van der Waals surface area contributed by atoms with Crippen LogP contribution in [0.2, 0.25) is 0 Å². The van der Waals surface area contributed by atoms with Crippen LogP contribution in [-0.4, -0.2) is 41.4 Å². The van der Waals surface area contributed by atoms with Crippen LogP contribution in [0.15, 0.2) is 24.3 Å². The van der Waals surface area contributed by atoms with E-state index < -0.39 is 10.0 Å². The number of hydrogen-bond acceptors (Lipinski definition) is 4. The first-order chi connectivity index (χ1) is 9.44. The third-order valence-electron chi connectivity index (χ3n) is 2.90. The van der Waals surface area contributed by atoms with Gasteiger partial charge in [0, 0.05) is 19.8 Å². The van der Waals surface area contributed by atoms with Crippen molar-refractivity contribution in [2.45, 2.75) is 19.8 Å². The van der Waals surface area contributed by atoms with Crippen LogP contribution in [0.1, 0.15) is 19.8 Å². The van der Waals surface area contributed by atoms with E-state index in [0.29, 0.717) is 12.1 Å². The van der Waals surface area contributed by atoms with E-state index in [2.05, 4.69) is 10.0 Å². The van der Waals surface area contributed by atoms with E-state index in [0.717, 1.165) is 25.2 Å². The first-order valence-electron chi connectivity index (χ1n) is 6.93. The zero-order valence-electron chi connectivity index (χ0n) is 12.5. The number of sulfonamides is 1. The lowest BCUT2D eigenvalue weighted by molar-refractivity contribution is 0.593. The van der Waals surface area contributed by atoms with Crippen molar-refractivity contribution in [3.63, 3.8) is 0 Å². The zero-order chi connectivity index (χ0) is 15.0. The second kappa shape index (κ2) is 8.11. The summed E-state index contributed by atoms with van der Waals surface area (Å²) in [5.41, 5.74) is 1.58. The molecule has 0 bridgehead atoms. The number of rotatable bonds is 9. The number of benzene rings is 1. The number of unbranched alkanes of at least 4 members (excludes halogenated alkanes) is 1. The molecular weight excluding hydrogens is 274 g/mol. The van der Waals surface area contributed by atoms with Crippen LogP contribution in [0.4, 0.5) is 11.4 Å². The van der Waals surface area contributed by atoms with Gasteiger partial charge in [0.05, 0.1) is 11.4 Å². The second-order valence-corrected chi connectivity index (χ2v) is 6.77. The Kier molecular flexibility index (Phi) is 6.81. The third kappa shape index (κ3) is 6.25. The number of nitrogens with zero attached hydrogens (tertiary/aromatic N) is 1. The van der Waals surface area contributed by atoms with Crippen molar-refractivity contribution in [1.82, 2.24) is 5.32 Å².